The number of rotatable bonds is 12. The van der Waals surface area contributed by atoms with Crippen LogP contribution in [0.1, 0.15) is 73.0 Å². The molecule has 2 aliphatic heterocycles. The summed E-state index contributed by atoms with van der Waals surface area (Å²) in [6.07, 6.45) is -6.47. The Labute approximate surface area is 319 Å². The van der Waals surface area contributed by atoms with Crippen molar-refractivity contribution in [2.45, 2.75) is 82.7 Å². The van der Waals surface area contributed by atoms with Crippen molar-refractivity contribution in [1.29, 1.82) is 0 Å². The van der Waals surface area contributed by atoms with E-state index in [2.05, 4.69) is 17.1 Å². The predicted molar refractivity (Wildman–Crippen MR) is 201 cm³/mol. The maximum absolute atomic E-state index is 13.1. The zero-order valence-corrected chi connectivity index (χ0v) is 31.2. The van der Waals surface area contributed by atoms with Crippen LogP contribution >= 0.6 is 0 Å². The average molecular weight is 760 g/mol. The summed E-state index contributed by atoms with van der Waals surface area (Å²) in [6.45, 7) is 4.56. The van der Waals surface area contributed by atoms with Crippen molar-refractivity contribution >= 4 is 11.8 Å². The molecule has 12 heteroatoms. The molecule has 0 aromatic heterocycles. The number of aliphatic hydroxyl groups excluding tert-OH is 2. The van der Waals surface area contributed by atoms with Gasteiger partial charge in [0, 0.05) is 37.2 Å². The Hall–Kier alpha value is -4.59. The Bertz CT molecular complexity index is 1890. The lowest BCUT2D eigenvalue weighted by atomic mass is 9.89. The van der Waals surface area contributed by atoms with E-state index in [1.54, 1.807) is 0 Å². The van der Waals surface area contributed by atoms with Gasteiger partial charge in [0.05, 0.1) is 24.9 Å². The number of nitrogens with zero attached hydrogens (tertiary/aromatic N) is 2. The number of hydrogen-bond donors (Lipinski definition) is 3. The topological polar surface area (TPSA) is 112 Å². The highest BCUT2D eigenvalue weighted by Gasteiger charge is 2.47. The van der Waals surface area contributed by atoms with Gasteiger partial charge in [-0.2, -0.15) is 13.2 Å². The summed E-state index contributed by atoms with van der Waals surface area (Å²) < 4.78 is 52.5. The number of aliphatic hydroxyl groups is 2. The fraction of sp³-hybridized carbons (Fsp3) is 0.395. The van der Waals surface area contributed by atoms with E-state index in [9.17, 15) is 33.0 Å². The molecule has 2 heterocycles. The molecule has 2 saturated heterocycles. The summed E-state index contributed by atoms with van der Waals surface area (Å²) in [5.74, 6) is -2.65. The minimum Gasteiger partial charge on any atom is -0.392 e. The summed E-state index contributed by atoms with van der Waals surface area (Å²) in [4.78, 5) is 27.4. The molecule has 0 spiro atoms. The molecule has 6 rings (SSSR count). The van der Waals surface area contributed by atoms with Gasteiger partial charge in [0.15, 0.2) is 6.29 Å². The second kappa shape index (κ2) is 17.5. The van der Waals surface area contributed by atoms with Crippen LogP contribution in [0.3, 0.4) is 0 Å². The van der Waals surface area contributed by atoms with E-state index >= 15 is 0 Å². The molecule has 4 aromatic carbocycles. The van der Waals surface area contributed by atoms with Gasteiger partial charge < -0.3 is 29.9 Å². The molecule has 0 bridgehead atoms. The molecular formula is C43H48F3N3O6. The van der Waals surface area contributed by atoms with Crippen molar-refractivity contribution < 1.29 is 42.4 Å². The first-order chi connectivity index (χ1) is 26.3. The van der Waals surface area contributed by atoms with Crippen molar-refractivity contribution in [1.82, 2.24) is 15.1 Å². The van der Waals surface area contributed by atoms with E-state index in [1.165, 1.54) is 0 Å². The third kappa shape index (κ3) is 9.45. The zero-order valence-electron chi connectivity index (χ0n) is 31.2. The molecule has 0 saturated carbocycles. The second-order valence-electron chi connectivity index (χ2n) is 14.6. The third-order valence-electron chi connectivity index (χ3n) is 10.9. The van der Waals surface area contributed by atoms with E-state index in [-0.39, 0.29) is 50.3 Å². The van der Waals surface area contributed by atoms with Crippen LogP contribution in [0, 0.1) is 5.92 Å². The Balaban J connectivity index is 1.16. The number of amides is 2. The maximum Gasteiger partial charge on any atom is 0.471 e. The first-order valence-electron chi connectivity index (χ1n) is 18.6. The van der Waals surface area contributed by atoms with E-state index in [1.807, 2.05) is 117 Å². The van der Waals surface area contributed by atoms with Crippen LogP contribution < -0.4 is 5.32 Å². The molecule has 2 amide bonds. The van der Waals surface area contributed by atoms with Gasteiger partial charge in [-0.25, -0.2) is 0 Å². The monoisotopic (exact) mass is 759 g/mol. The first kappa shape index (κ1) is 40.1. The largest absolute Gasteiger partial charge is 0.471 e. The number of ether oxygens (including phenoxy) is 2. The molecule has 0 unspecified atom stereocenters. The number of carbonyl (C=O) groups is 2. The standard InChI is InChI=1S/C43H48F3N3O6/c1-27-37(25-48(3)28(2)38(51)32-10-5-4-6-11-32)54-41(55-39(27)33-16-14-29(26-50)15-17-33)34-20-18-31(19-21-34)35-12-7-9-30(23-35)24-47-40(52)36-13-8-22-49(36)42(53)43(44,45)46/h4-7,9-12,14-21,23,27-28,36-39,41,50-51H,8,13,22,24-26H2,1-3H3,(H,47,52)/t27-,28-,36-,37+,38-,39+,41+/m0/s1. The Morgan fingerprint density at radius 1 is 0.909 bits per heavy atom. The van der Waals surface area contributed by atoms with Gasteiger partial charge in [0.25, 0.3) is 0 Å². The molecule has 4 aromatic rings. The number of benzene rings is 4. The lowest BCUT2D eigenvalue weighted by molar-refractivity contribution is -0.276. The SMILES string of the molecule is C[C@H]1[C@@H](CN(C)[C@@H](C)[C@H](O)c2ccccc2)O[C@@H](c2ccc(-c3cccc(CNC(=O)[C@@H]4CCCN4C(=O)C(F)(F)F)c3)cc2)O[C@H]1c1ccc(CO)cc1. The number of nitrogens with one attached hydrogen (secondary N) is 1. The van der Waals surface area contributed by atoms with Gasteiger partial charge in [0.1, 0.15) is 6.04 Å². The number of hydrogen-bond acceptors (Lipinski definition) is 7. The molecular weight excluding hydrogens is 711 g/mol. The van der Waals surface area contributed by atoms with Crippen molar-refractivity contribution in [2.75, 3.05) is 20.1 Å². The number of halogens is 3. The molecule has 2 fully saturated rings. The maximum atomic E-state index is 13.1. The van der Waals surface area contributed by atoms with Crippen LogP contribution in [-0.2, 0) is 32.2 Å². The third-order valence-corrected chi connectivity index (χ3v) is 10.9. The summed E-state index contributed by atoms with van der Waals surface area (Å²) in [6, 6.07) is 31.3. The van der Waals surface area contributed by atoms with Crippen LogP contribution in [0.4, 0.5) is 13.2 Å². The summed E-state index contributed by atoms with van der Waals surface area (Å²) in [5, 5.41) is 23.5. The second-order valence-corrected chi connectivity index (χ2v) is 14.6. The normalized spacial score (nSPS) is 22.7. The molecule has 0 aliphatic carbocycles. The molecule has 292 valence electrons. The smallest absolute Gasteiger partial charge is 0.392 e. The Morgan fingerprint density at radius 2 is 1.60 bits per heavy atom. The molecule has 9 nitrogen and oxygen atoms in total. The summed E-state index contributed by atoms with van der Waals surface area (Å²) in [5.41, 5.74) is 5.96. The minimum absolute atomic E-state index is 0.0517. The van der Waals surface area contributed by atoms with E-state index in [0.29, 0.717) is 17.9 Å². The van der Waals surface area contributed by atoms with Crippen LogP contribution in [0.15, 0.2) is 103 Å². The van der Waals surface area contributed by atoms with E-state index in [0.717, 1.165) is 38.9 Å². The number of likely N-dealkylation sites (N-methyl/N-ethyl adjacent to an activating group) is 1. The minimum atomic E-state index is -5.03. The molecule has 55 heavy (non-hydrogen) atoms. The van der Waals surface area contributed by atoms with Crippen LogP contribution in [0.5, 0.6) is 0 Å². The van der Waals surface area contributed by atoms with Crippen LogP contribution in [0.2, 0.25) is 0 Å². The van der Waals surface area contributed by atoms with Gasteiger partial charge >= 0.3 is 12.1 Å². The van der Waals surface area contributed by atoms with Gasteiger partial charge in [-0.3, -0.25) is 14.5 Å². The van der Waals surface area contributed by atoms with Crippen molar-refractivity contribution in [3.05, 3.63) is 131 Å². The molecule has 2 aliphatic rings. The van der Waals surface area contributed by atoms with Gasteiger partial charge in [-0.1, -0.05) is 104 Å². The van der Waals surface area contributed by atoms with E-state index < -0.39 is 36.4 Å². The Kier molecular flexibility index (Phi) is 12.7. The average Bonchev–Trinajstić information content (AvgIpc) is 3.70. The quantitative estimate of drug-likeness (QED) is 0.145. The summed E-state index contributed by atoms with van der Waals surface area (Å²) >= 11 is 0. The van der Waals surface area contributed by atoms with Crippen molar-refractivity contribution in [3.63, 3.8) is 0 Å². The number of carbonyl (C=O) groups excluding carboxylic acids is 2. The highest BCUT2D eigenvalue weighted by molar-refractivity contribution is 5.90. The van der Waals surface area contributed by atoms with Crippen LogP contribution in [-0.4, -0.2) is 76.3 Å². The van der Waals surface area contributed by atoms with Crippen LogP contribution in [0.25, 0.3) is 11.1 Å². The lowest BCUT2D eigenvalue weighted by Gasteiger charge is -2.43. The fourth-order valence-corrected chi connectivity index (χ4v) is 7.39. The van der Waals surface area contributed by atoms with E-state index in [4.69, 9.17) is 9.47 Å². The fourth-order valence-electron chi connectivity index (χ4n) is 7.39. The molecule has 3 N–H and O–H groups in total. The van der Waals surface area contributed by atoms with Crippen molar-refractivity contribution in [3.8, 4) is 11.1 Å². The lowest BCUT2D eigenvalue weighted by Crippen LogP contribution is -2.50. The van der Waals surface area contributed by atoms with Gasteiger partial charge in [-0.05, 0) is 66.3 Å². The highest BCUT2D eigenvalue weighted by atomic mass is 19.4. The van der Waals surface area contributed by atoms with Gasteiger partial charge in [0.2, 0.25) is 5.91 Å². The molecule has 0 radical (unpaired) electrons. The number of likely N-dealkylation sites (tertiary alicyclic amines) is 1. The summed E-state index contributed by atoms with van der Waals surface area (Å²) in [7, 11) is 1.98. The zero-order chi connectivity index (χ0) is 39.3. The highest BCUT2D eigenvalue weighted by Crippen LogP contribution is 2.42. The molecule has 7 atom stereocenters. The Morgan fingerprint density at radius 3 is 2.27 bits per heavy atom. The first-order valence-corrected chi connectivity index (χ1v) is 18.6. The number of alkyl halides is 3. The van der Waals surface area contributed by atoms with Crippen molar-refractivity contribution in [2.24, 2.45) is 5.92 Å². The van der Waals surface area contributed by atoms with Gasteiger partial charge in [-0.15, -0.1) is 0 Å². The predicted octanol–water partition coefficient (Wildman–Crippen LogP) is 6.86.